The predicted octanol–water partition coefficient (Wildman–Crippen LogP) is 3.06. The van der Waals surface area contributed by atoms with Crippen LogP contribution in [0.1, 0.15) is 49.4 Å². The van der Waals surface area contributed by atoms with Gasteiger partial charge in [-0.3, -0.25) is 9.59 Å². The topological polar surface area (TPSA) is 46.6 Å². The van der Waals surface area contributed by atoms with E-state index in [1.807, 2.05) is 4.90 Å². The van der Waals surface area contributed by atoms with E-state index in [2.05, 4.69) is 0 Å². The molecule has 0 radical (unpaired) electrons. The SMILES string of the molecule is COc1ccc(C(=O)N2CCCCCC2CC(C)=O)cc1. The van der Waals surface area contributed by atoms with Crippen molar-refractivity contribution in [3.05, 3.63) is 29.8 Å². The lowest BCUT2D eigenvalue weighted by molar-refractivity contribution is -0.118. The third-order valence-electron chi connectivity index (χ3n) is 4.00. The Balaban J connectivity index is 2.17. The Labute approximate surface area is 126 Å². The number of hydrogen-bond acceptors (Lipinski definition) is 3. The number of methoxy groups -OCH3 is 1. The fourth-order valence-corrected chi connectivity index (χ4v) is 2.89. The zero-order valence-electron chi connectivity index (χ0n) is 12.8. The Kier molecular flexibility index (Phi) is 5.37. The van der Waals surface area contributed by atoms with Crippen LogP contribution in [0.5, 0.6) is 5.75 Å². The first-order valence-electron chi connectivity index (χ1n) is 7.56. The summed E-state index contributed by atoms with van der Waals surface area (Å²) in [6.07, 6.45) is 4.60. The fourth-order valence-electron chi connectivity index (χ4n) is 2.89. The van der Waals surface area contributed by atoms with E-state index >= 15 is 0 Å². The molecule has 21 heavy (non-hydrogen) atoms. The summed E-state index contributed by atoms with van der Waals surface area (Å²) < 4.78 is 5.12. The monoisotopic (exact) mass is 289 g/mol. The third-order valence-corrected chi connectivity index (χ3v) is 4.00. The van der Waals surface area contributed by atoms with Crippen LogP contribution in [0.4, 0.5) is 0 Å². The van der Waals surface area contributed by atoms with E-state index in [1.54, 1.807) is 38.3 Å². The normalized spacial score (nSPS) is 19.0. The molecule has 1 unspecified atom stereocenters. The molecule has 0 aliphatic carbocycles. The molecule has 1 aliphatic rings. The van der Waals surface area contributed by atoms with Crippen molar-refractivity contribution in [1.82, 2.24) is 4.90 Å². The van der Waals surface area contributed by atoms with Gasteiger partial charge in [-0.25, -0.2) is 0 Å². The van der Waals surface area contributed by atoms with E-state index in [9.17, 15) is 9.59 Å². The van der Waals surface area contributed by atoms with E-state index in [0.717, 1.165) is 38.0 Å². The molecular weight excluding hydrogens is 266 g/mol. The van der Waals surface area contributed by atoms with Crippen molar-refractivity contribution in [2.24, 2.45) is 0 Å². The molecule has 1 aliphatic heterocycles. The van der Waals surface area contributed by atoms with Crippen LogP contribution in [-0.2, 0) is 4.79 Å². The van der Waals surface area contributed by atoms with Gasteiger partial charge < -0.3 is 9.64 Å². The largest absolute Gasteiger partial charge is 0.497 e. The minimum atomic E-state index is 0.0193. The number of benzene rings is 1. The molecule has 1 saturated heterocycles. The fraction of sp³-hybridized carbons (Fsp3) is 0.529. The van der Waals surface area contributed by atoms with Crippen LogP contribution < -0.4 is 4.74 Å². The highest BCUT2D eigenvalue weighted by molar-refractivity contribution is 5.95. The Bertz CT molecular complexity index is 495. The Morgan fingerprint density at radius 1 is 1.19 bits per heavy atom. The van der Waals surface area contributed by atoms with Gasteiger partial charge in [0.1, 0.15) is 11.5 Å². The first kappa shape index (κ1) is 15.5. The van der Waals surface area contributed by atoms with Crippen LogP contribution >= 0.6 is 0 Å². The number of likely N-dealkylation sites (tertiary alicyclic amines) is 1. The number of Topliss-reactive ketones (excluding diaryl/α,β-unsaturated/α-hetero) is 1. The third kappa shape index (κ3) is 4.06. The van der Waals surface area contributed by atoms with Crippen molar-refractivity contribution in [2.75, 3.05) is 13.7 Å². The molecule has 0 aromatic heterocycles. The van der Waals surface area contributed by atoms with E-state index < -0.39 is 0 Å². The molecular formula is C17H23NO3. The van der Waals surface area contributed by atoms with Crippen molar-refractivity contribution >= 4 is 11.7 Å². The highest BCUT2D eigenvalue weighted by Crippen LogP contribution is 2.22. The maximum Gasteiger partial charge on any atom is 0.254 e. The molecule has 0 bridgehead atoms. The minimum absolute atomic E-state index is 0.0193. The number of amides is 1. The lowest BCUT2D eigenvalue weighted by atomic mass is 10.0. The van der Waals surface area contributed by atoms with Gasteiger partial charge in [-0.05, 0) is 44.0 Å². The van der Waals surface area contributed by atoms with E-state index in [4.69, 9.17) is 4.74 Å². The molecule has 1 atom stereocenters. The van der Waals surface area contributed by atoms with Crippen LogP contribution in [0.25, 0.3) is 0 Å². The Hall–Kier alpha value is -1.84. The van der Waals surface area contributed by atoms with Crippen molar-refractivity contribution < 1.29 is 14.3 Å². The van der Waals surface area contributed by atoms with Gasteiger partial charge in [0.05, 0.1) is 7.11 Å². The number of carbonyl (C=O) groups is 2. The van der Waals surface area contributed by atoms with Gasteiger partial charge in [-0.1, -0.05) is 12.8 Å². The maximum absolute atomic E-state index is 12.7. The summed E-state index contributed by atoms with van der Waals surface area (Å²) in [6, 6.07) is 7.21. The number of ether oxygens (including phenoxy) is 1. The zero-order chi connectivity index (χ0) is 15.2. The second-order valence-corrected chi connectivity index (χ2v) is 5.64. The van der Waals surface area contributed by atoms with Gasteiger partial charge in [-0.2, -0.15) is 0 Å². The lowest BCUT2D eigenvalue weighted by Crippen LogP contribution is -2.41. The van der Waals surface area contributed by atoms with Crippen LogP contribution in [0.3, 0.4) is 0 Å². The number of ketones is 1. The summed E-state index contributed by atoms with van der Waals surface area (Å²) in [5.74, 6) is 0.905. The van der Waals surface area contributed by atoms with Crippen molar-refractivity contribution in [3.63, 3.8) is 0 Å². The molecule has 4 heteroatoms. The average molecular weight is 289 g/mol. The van der Waals surface area contributed by atoms with Gasteiger partial charge in [0, 0.05) is 24.6 Å². The smallest absolute Gasteiger partial charge is 0.254 e. The quantitative estimate of drug-likeness (QED) is 0.856. The summed E-state index contributed by atoms with van der Waals surface area (Å²) in [4.78, 5) is 26.1. The zero-order valence-corrected chi connectivity index (χ0v) is 12.8. The molecule has 1 heterocycles. The number of hydrogen-bond donors (Lipinski definition) is 0. The molecule has 0 N–H and O–H groups in total. The van der Waals surface area contributed by atoms with Crippen molar-refractivity contribution in [2.45, 2.75) is 45.1 Å². The first-order chi connectivity index (χ1) is 10.1. The summed E-state index contributed by atoms with van der Waals surface area (Å²) in [7, 11) is 1.61. The minimum Gasteiger partial charge on any atom is -0.497 e. The van der Waals surface area contributed by atoms with Crippen LogP contribution in [-0.4, -0.2) is 36.3 Å². The first-order valence-corrected chi connectivity index (χ1v) is 7.56. The molecule has 4 nitrogen and oxygen atoms in total. The van der Waals surface area contributed by atoms with Crippen molar-refractivity contribution in [3.8, 4) is 5.75 Å². The number of rotatable bonds is 4. The molecule has 114 valence electrons. The van der Waals surface area contributed by atoms with Crippen LogP contribution in [0.15, 0.2) is 24.3 Å². The van der Waals surface area contributed by atoms with E-state index in [0.29, 0.717) is 12.0 Å². The van der Waals surface area contributed by atoms with Gasteiger partial charge in [0.25, 0.3) is 5.91 Å². The lowest BCUT2D eigenvalue weighted by Gasteiger charge is -2.29. The van der Waals surface area contributed by atoms with Gasteiger partial charge >= 0.3 is 0 Å². The number of nitrogens with zero attached hydrogens (tertiary/aromatic N) is 1. The Morgan fingerprint density at radius 2 is 1.90 bits per heavy atom. The van der Waals surface area contributed by atoms with Crippen LogP contribution in [0, 0.1) is 0 Å². The summed E-state index contributed by atoms with van der Waals surface area (Å²) in [6.45, 7) is 2.34. The predicted molar refractivity (Wildman–Crippen MR) is 81.6 cm³/mol. The summed E-state index contributed by atoms with van der Waals surface area (Å²) in [5.41, 5.74) is 0.659. The average Bonchev–Trinajstić information content (AvgIpc) is 2.71. The van der Waals surface area contributed by atoms with Gasteiger partial charge in [-0.15, -0.1) is 0 Å². The molecule has 1 fully saturated rings. The van der Waals surface area contributed by atoms with E-state index in [-0.39, 0.29) is 17.7 Å². The second-order valence-electron chi connectivity index (χ2n) is 5.64. The highest BCUT2D eigenvalue weighted by atomic mass is 16.5. The molecule has 1 aromatic rings. The summed E-state index contributed by atoms with van der Waals surface area (Å²) >= 11 is 0. The number of carbonyl (C=O) groups excluding carboxylic acids is 2. The standard InChI is InChI=1S/C17H23NO3/c1-13(19)12-15-6-4-3-5-11-18(15)17(20)14-7-9-16(21-2)10-8-14/h7-10,15H,3-6,11-12H2,1-2H3. The van der Waals surface area contributed by atoms with Crippen molar-refractivity contribution in [1.29, 1.82) is 0 Å². The molecule has 0 saturated carbocycles. The van der Waals surface area contributed by atoms with E-state index in [1.165, 1.54) is 0 Å². The van der Waals surface area contributed by atoms with Crippen LogP contribution in [0.2, 0.25) is 0 Å². The van der Waals surface area contributed by atoms with Gasteiger partial charge in [0.15, 0.2) is 0 Å². The van der Waals surface area contributed by atoms with Gasteiger partial charge in [0.2, 0.25) is 0 Å². The molecule has 0 spiro atoms. The second kappa shape index (κ2) is 7.25. The Morgan fingerprint density at radius 3 is 2.52 bits per heavy atom. The molecule has 1 aromatic carbocycles. The maximum atomic E-state index is 12.7. The molecule has 1 amide bonds. The molecule has 2 rings (SSSR count). The summed E-state index contributed by atoms with van der Waals surface area (Å²) in [5, 5.41) is 0. The highest BCUT2D eigenvalue weighted by Gasteiger charge is 2.27.